The van der Waals surface area contributed by atoms with E-state index in [1.54, 1.807) is 25.6 Å². The summed E-state index contributed by atoms with van der Waals surface area (Å²) in [5.41, 5.74) is 3.69. The second kappa shape index (κ2) is 12.1. The van der Waals surface area contributed by atoms with E-state index < -0.39 is 24.3 Å². The Morgan fingerprint density at radius 3 is 2.22 bits per heavy atom. The number of methoxy groups -OCH3 is 1. The third kappa shape index (κ3) is 7.86. The van der Waals surface area contributed by atoms with Gasteiger partial charge in [0.15, 0.2) is 0 Å². The number of aromatic nitrogens is 4. The predicted molar refractivity (Wildman–Crippen MR) is 121 cm³/mol. The van der Waals surface area contributed by atoms with Crippen LogP contribution >= 0.6 is 0 Å². The van der Waals surface area contributed by atoms with Gasteiger partial charge in [0.25, 0.3) is 0 Å². The molecule has 41 heavy (non-hydrogen) atoms. The van der Waals surface area contributed by atoms with Gasteiger partial charge < -0.3 is 34.3 Å². The summed E-state index contributed by atoms with van der Waals surface area (Å²) in [5, 5.41) is 24.2. The second-order valence-corrected chi connectivity index (χ2v) is 8.21. The average molecular weight is 590 g/mol. The molecule has 3 heterocycles. The van der Waals surface area contributed by atoms with E-state index in [4.69, 9.17) is 34.3 Å². The maximum absolute atomic E-state index is 14.5. The minimum absolute atomic E-state index is 0.0822. The Balaban J connectivity index is 0.000000276. The van der Waals surface area contributed by atoms with E-state index in [-0.39, 0.29) is 11.7 Å². The highest BCUT2D eigenvalue weighted by Crippen LogP contribution is 2.35. The molecule has 2 N–H and O–H groups in total. The molecular weight excluding hydrogens is 573 g/mol. The summed E-state index contributed by atoms with van der Waals surface area (Å²) in [5.74, 6) is -3.82. The standard InChI is InChI=1S/C20H17FN4O2.2C2HF3O2/c1-26-14-3-2-11-4-12(10-27-19(11)5-14)20-24-17-6-15(13-8-22-23-9-13)16(21)7-18(17)25-20;2*3-2(4,5)1(6)7/h2-3,5-9,12H,4,10H2,1H3,(H,22,23)(H,24,25);2*(H,6,7)/p-2. The molecule has 2 aromatic carbocycles. The largest absolute Gasteiger partial charge is 0.542 e. The first-order valence-electron chi connectivity index (χ1n) is 11.1. The highest BCUT2D eigenvalue weighted by Gasteiger charge is 2.29. The molecule has 0 spiro atoms. The van der Waals surface area contributed by atoms with Crippen LogP contribution in [0.15, 0.2) is 42.7 Å². The normalized spacial score (nSPS) is 14.5. The van der Waals surface area contributed by atoms with Crippen molar-refractivity contribution in [1.29, 1.82) is 0 Å². The summed E-state index contributed by atoms with van der Waals surface area (Å²) in [6.07, 6.45) is -6.33. The molecule has 1 aliphatic heterocycles. The number of carbonyl (C=O) groups excluding carboxylic acids is 2. The number of nitrogens with zero attached hydrogens (tertiary/aromatic N) is 2. The van der Waals surface area contributed by atoms with Crippen molar-refractivity contribution in [3.63, 3.8) is 0 Å². The molecule has 0 saturated heterocycles. The van der Waals surface area contributed by atoms with E-state index in [1.807, 2.05) is 18.2 Å². The molecule has 220 valence electrons. The highest BCUT2D eigenvalue weighted by molar-refractivity contribution is 5.82. The number of halogens is 7. The summed E-state index contributed by atoms with van der Waals surface area (Å²) in [7, 11) is 1.64. The fourth-order valence-corrected chi connectivity index (χ4v) is 3.52. The summed E-state index contributed by atoms with van der Waals surface area (Å²) >= 11 is 0. The van der Waals surface area contributed by atoms with Crippen LogP contribution in [-0.4, -0.2) is 58.2 Å². The van der Waals surface area contributed by atoms with Crippen molar-refractivity contribution >= 4 is 23.0 Å². The summed E-state index contributed by atoms with van der Waals surface area (Å²) in [4.78, 5) is 25.5. The van der Waals surface area contributed by atoms with Crippen LogP contribution in [0.3, 0.4) is 0 Å². The fourth-order valence-electron chi connectivity index (χ4n) is 3.52. The lowest BCUT2D eigenvalue weighted by atomic mass is 9.96. The maximum Gasteiger partial charge on any atom is 0.430 e. The summed E-state index contributed by atoms with van der Waals surface area (Å²) in [6.45, 7) is 0.511. The molecule has 10 nitrogen and oxygen atoms in total. The first kappa shape index (κ1) is 30.7. The quantitative estimate of drug-likeness (QED) is 0.345. The first-order valence-corrected chi connectivity index (χ1v) is 11.1. The molecule has 2 aromatic heterocycles. The third-order valence-corrected chi connectivity index (χ3v) is 5.43. The number of hydrogen-bond donors (Lipinski definition) is 2. The molecule has 0 saturated carbocycles. The monoisotopic (exact) mass is 590 g/mol. The molecule has 1 aliphatic rings. The van der Waals surface area contributed by atoms with Crippen LogP contribution in [0.2, 0.25) is 0 Å². The van der Waals surface area contributed by atoms with Crippen LogP contribution < -0.4 is 19.7 Å². The van der Waals surface area contributed by atoms with Crippen LogP contribution in [0.1, 0.15) is 17.3 Å². The van der Waals surface area contributed by atoms with Crippen LogP contribution in [-0.2, 0) is 16.0 Å². The molecule has 17 heteroatoms. The van der Waals surface area contributed by atoms with Crippen molar-refractivity contribution in [2.75, 3.05) is 13.7 Å². The fraction of sp³-hybridized carbons (Fsp3) is 0.250. The number of aliphatic carboxylic acids is 2. The summed E-state index contributed by atoms with van der Waals surface area (Å²) < 4.78 is 88.7. The lowest BCUT2D eigenvalue weighted by Gasteiger charge is -2.24. The van der Waals surface area contributed by atoms with Gasteiger partial charge in [-0.05, 0) is 24.1 Å². The molecule has 5 rings (SSSR count). The Labute approximate surface area is 224 Å². The van der Waals surface area contributed by atoms with Crippen molar-refractivity contribution < 1.29 is 60.0 Å². The van der Waals surface area contributed by atoms with Crippen molar-refractivity contribution in [2.24, 2.45) is 0 Å². The van der Waals surface area contributed by atoms with Gasteiger partial charge in [-0.2, -0.15) is 31.4 Å². The van der Waals surface area contributed by atoms with Crippen LogP contribution in [0.4, 0.5) is 30.7 Å². The zero-order valence-electron chi connectivity index (χ0n) is 20.5. The number of hydrogen-bond acceptors (Lipinski definition) is 8. The Kier molecular flexibility index (Phi) is 9.09. The molecule has 0 bridgehead atoms. The number of rotatable bonds is 3. The Morgan fingerprint density at radius 1 is 1.05 bits per heavy atom. The highest BCUT2D eigenvalue weighted by atomic mass is 19.4. The zero-order valence-corrected chi connectivity index (χ0v) is 20.5. The minimum atomic E-state index is -5.19. The van der Waals surface area contributed by atoms with E-state index in [0.29, 0.717) is 23.3 Å². The predicted octanol–water partition coefficient (Wildman–Crippen LogP) is 2.42. The average Bonchev–Trinajstić information content (AvgIpc) is 3.57. The third-order valence-electron chi connectivity index (χ3n) is 5.43. The number of fused-ring (bicyclic) bond motifs is 2. The van der Waals surface area contributed by atoms with Crippen molar-refractivity contribution in [1.82, 2.24) is 20.2 Å². The van der Waals surface area contributed by atoms with Gasteiger partial charge >= 0.3 is 12.4 Å². The number of imidazole rings is 1. The number of H-pyrrole nitrogens is 2. The molecule has 0 amide bonds. The van der Waals surface area contributed by atoms with Gasteiger partial charge in [0.2, 0.25) is 0 Å². The SMILES string of the molecule is COc1ccc2c(c1)OCC(c1nc3cc(-c4cn[nH]c4)c(F)cc3[nH]1)C2.O=C([O-])C(F)(F)F.O=C([O-])C(F)(F)F. The number of benzene rings is 2. The molecule has 1 unspecified atom stereocenters. The van der Waals surface area contributed by atoms with Gasteiger partial charge in [-0.15, -0.1) is 0 Å². The number of carboxylic acids is 2. The lowest BCUT2D eigenvalue weighted by Crippen LogP contribution is -2.37. The van der Waals surface area contributed by atoms with Gasteiger partial charge in [-0.1, -0.05) is 6.07 Å². The van der Waals surface area contributed by atoms with E-state index in [0.717, 1.165) is 34.8 Å². The van der Waals surface area contributed by atoms with Gasteiger partial charge in [-0.3, -0.25) is 5.10 Å². The van der Waals surface area contributed by atoms with Crippen molar-refractivity contribution in [2.45, 2.75) is 24.7 Å². The number of carboxylic acid groups (broad SMARTS) is 2. The zero-order chi connectivity index (χ0) is 30.5. The van der Waals surface area contributed by atoms with Crippen molar-refractivity contribution in [3.8, 4) is 22.6 Å². The van der Waals surface area contributed by atoms with Crippen molar-refractivity contribution in [3.05, 3.63) is 59.9 Å². The summed E-state index contributed by atoms with van der Waals surface area (Å²) in [6, 6.07) is 9.07. The number of ether oxygens (including phenoxy) is 2. The Morgan fingerprint density at radius 2 is 1.68 bits per heavy atom. The van der Waals surface area contributed by atoms with Gasteiger partial charge in [0, 0.05) is 29.5 Å². The number of alkyl halides is 6. The maximum atomic E-state index is 14.5. The number of carbonyl (C=O) groups is 2. The Hall–Kier alpha value is -4.83. The number of aromatic amines is 2. The van der Waals surface area contributed by atoms with Crippen LogP contribution in [0.5, 0.6) is 11.5 Å². The topological polar surface area (TPSA) is 156 Å². The lowest BCUT2D eigenvalue weighted by molar-refractivity contribution is -0.344. The molecular formula is C24H17F7N4O6-2. The molecule has 0 fully saturated rings. The van der Waals surface area contributed by atoms with E-state index in [1.165, 1.54) is 6.07 Å². The number of nitrogens with one attached hydrogen (secondary N) is 2. The van der Waals surface area contributed by atoms with Gasteiger partial charge in [0.1, 0.15) is 35.1 Å². The first-order chi connectivity index (χ1) is 19.1. The van der Waals surface area contributed by atoms with Crippen LogP contribution in [0, 0.1) is 5.82 Å². The van der Waals surface area contributed by atoms with E-state index in [9.17, 15) is 30.7 Å². The Bertz CT molecular complexity index is 1490. The second-order valence-electron chi connectivity index (χ2n) is 8.21. The molecule has 4 aromatic rings. The molecule has 1 atom stereocenters. The van der Waals surface area contributed by atoms with E-state index >= 15 is 0 Å². The molecule has 0 radical (unpaired) electrons. The van der Waals surface area contributed by atoms with Crippen LogP contribution in [0.25, 0.3) is 22.2 Å². The minimum Gasteiger partial charge on any atom is -0.542 e. The van der Waals surface area contributed by atoms with E-state index in [2.05, 4.69) is 15.2 Å². The molecule has 0 aliphatic carbocycles. The van der Waals surface area contributed by atoms with Gasteiger partial charge in [0.05, 0.1) is 36.9 Å². The van der Waals surface area contributed by atoms with Gasteiger partial charge in [-0.25, -0.2) is 9.37 Å². The smallest absolute Gasteiger partial charge is 0.430 e.